The van der Waals surface area contributed by atoms with Gasteiger partial charge in [-0.15, -0.1) is 0 Å². The molecule has 2 N–H and O–H groups in total. The maximum atomic E-state index is 12.7. The van der Waals surface area contributed by atoms with Crippen LogP contribution in [0.15, 0.2) is 46.8 Å². The molecular formula is C19H23NO6. The molecule has 1 aromatic rings. The molecule has 1 aliphatic rings. The van der Waals surface area contributed by atoms with Gasteiger partial charge in [0.15, 0.2) is 6.29 Å². The van der Waals surface area contributed by atoms with E-state index in [1.165, 1.54) is 14.2 Å². The number of aliphatic carboxylic acids is 1. The van der Waals surface area contributed by atoms with Crippen LogP contribution in [0.25, 0.3) is 0 Å². The van der Waals surface area contributed by atoms with Crippen molar-refractivity contribution in [2.75, 3.05) is 14.2 Å². The Labute approximate surface area is 152 Å². The molecule has 0 spiro atoms. The van der Waals surface area contributed by atoms with E-state index in [2.05, 4.69) is 5.32 Å². The van der Waals surface area contributed by atoms with Gasteiger partial charge in [0.2, 0.25) is 0 Å². The third kappa shape index (κ3) is 3.88. The molecule has 7 nitrogen and oxygen atoms in total. The van der Waals surface area contributed by atoms with Crippen molar-refractivity contribution in [3.05, 3.63) is 52.4 Å². The fourth-order valence-corrected chi connectivity index (χ4v) is 2.96. The number of benzene rings is 1. The number of dihydropyridines is 1. The SMILES string of the molecule is COc1cccc(C2C(C(=O)O)=C(C)NC(C)=C2C(=O)OC(C)OC)c1. The lowest BCUT2D eigenvalue weighted by atomic mass is 9.80. The Kier molecular flexibility index (Phi) is 6.05. The van der Waals surface area contributed by atoms with Crippen LogP contribution in [-0.2, 0) is 19.1 Å². The molecule has 0 fully saturated rings. The summed E-state index contributed by atoms with van der Waals surface area (Å²) in [6.45, 7) is 4.97. The van der Waals surface area contributed by atoms with Crippen LogP contribution in [0.2, 0.25) is 0 Å². The summed E-state index contributed by atoms with van der Waals surface area (Å²) < 4.78 is 15.5. The molecule has 0 saturated carbocycles. The second-order valence-electron chi connectivity index (χ2n) is 5.93. The number of carboxylic acid groups (broad SMARTS) is 1. The summed E-state index contributed by atoms with van der Waals surface area (Å²) in [6.07, 6.45) is -0.756. The summed E-state index contributed by atoms with van der Waals surface area (Å²) in [7, 11) is 2.95. The van der Waals surface area contributed by atoms with Crippen molar-refractivity contribution >= 4 is 11.9 Å². The third-order valence-corrected chi connectivity index (χ3v) is 4.24. The summed E-state index contributed by atoms with van der Waals surface area (Å²) in [5.41, 5.74) is 1.94. The number of esters is 1. The summed E-state index contributed by atoms with van der Waals surface area (Å²) in [4.78, 5) is 24.7. The molecule has 0 saturated heterocycles. The number of hydrogen-bond donors (Lipinski definition) is 2. The van der Waals surface area contributed by atoms with E-state index in [4.69, 9.17) is 14.2 Å². The first-order chi connectivity index (χ1) is 12.3. The van der Waals surface area contributed by atoms with Gasteiger partial charge in [-0.1, -0.05) is 12.1 Å². The number of allylic oxidation sites excluding steroid dienone is 2. The second-order valence-corrected chi connectivity index (χ2v) is 5.93. The van der Waals surface area contributed by atoms with E-state index in [0.29, 0.717) is 22.7 Å². The zero-order valence-electron chi connectivity index (χ0n) is 15.5. The lowest BCUT2D eigenvalue weighted by Crippen LogP contribution is -2.33. The van der Waals surface area contributed by atoms with Gasteiger partial charge in [0.1, 0.15) is 5.75 Å². The second kappa shape index (κ2) is 8.05. The van der Waals surface area contributed by atoms with Crippen molar-refractivity contribution in [3.63, 3.8) is 0 Å². The van der Waals surface area contributed by atoms with Crippen molar-refractivity contribution in [2.24, 2.45) is 0 Å². The average molecular weight is 361 g/mol. The summed E-state index contributed by atoms with van der Waals surface area (Å²) in [5, 5.41) is 12.7. The van der Waals surface area contributed by atoms with E-state index in [0.717, 1.165) is 0 Å². The largest absolute Gasteiger partial charge is 0.497 e. The smallest absolute Gasteiger partial charge is 0.339 e. The van der Waals surface area contributed by atoms with Crippen LogP contribution in [0, 0.1) is 0 Å². The first-order valence-corrected chi connectivity index (χ1v) is 8.09. The van der Waals surface area contributed by atoms with Gasteiger partial charge in [0, 0.05) is 18.5 Å². The van der Waals surface area contributed by atoms with Crippen molar-refractivity contribution in [2.45, 2.75) is 33.0 Å². The number of hydrogen-bond acceptors (Lipinski definition) is 6. The molecule has 0 amide bonds. The van der Waals surface area contributed by atoms with Gasteiger partial charge < -0.3 is 24.6 Å². The van der Waals surface area contributed by atoms with Gasteiger partial charge >= 0.3 is 11.9 Å². The van der Waals surface area contributed by atoms with Crippen LogP contribution in [0.1, 0.15) is 32.3 Å². The predicted molar refractivity (Wildman–Crippen MR) is 94.5 cm³/mol. The zero-order valence-corrected chi connectivity index (χ0v) is 15.5. The van der Waals surface area contributed by atoms with Gasteiger partial charge in [0.05, 0.1) is 24.2 Å². The van der Waals surface area contributed by atoms with E-state index < -0.39 is 24.1 Å². The Hall–Kier alpha value is -2.80. The minimum Gasteiger partial charge on any atom is -0.497 e. The molecule has 1 aliphatic heterocycles. The fraction of sp³-hybridized carbons (Fsp3) is 0.368. The highest BCUT2D eigenvalue weighted by Crippen LogP contribution is 2.39. The minimum atomic E-state index is -1.11. The number of rotatable bonds is 6. The Morgan fingerprint density at radius 1 is 1.15 bits per heavy atom. The number of nitrogens with one attached hydrogen (secondary N) is 1. The van der Waals surface area contributed by atoms with E-state index in [1.807, 2.05) is 0 Å². The maximum Gasteiger partial charge on any atom is 0.339 e. The topological polar surface area (TPSA) is 94.1 Å². The summed E-state index contributed by atoms with van der Waals surface area (Å²) in [6, 6.07) is 6.98. The maximum absolute atomic E-state index is 12.7. The molecule has 1 aromatic carbocycles. The highest BCUT2D eigenvalue weighted by molar-refractivity contribution is 5.99. The van der Waals surface area contributed by atoms with Gasteiger partial charge in [-0.2, -0.15) is 0 Å². The molecule has 0 aromatic heterocycles. The molecule has 26 heavy (non-hydrogen) atoms. The number of methoxy groups -OCH3 is 2. The Bertz CT molecular complexity index is 780. The lowest BCUT2D eigenvalue weighted by molar-refractivity contribution is -0.165. The van der Waals surface area contributed by atoms with Gasteiger partial charge in [-0.3, -0.25) is 0 Å². The van der Waals surface area contributed by atoms with Crippen LogP contribution in [0.4, 0.5) is 0 Å². The molecule has 2 unspecified atom stereocenters. The van der Waals surface area contributed by atoms with Crippen LogP contribution >= 0.6 is 0 Å². The quantitative estimate of drug-likeness (QED) is 0.594. The Balaban J connectivity index is 2.60. The highest BCUT2D eigenvalue weighted by atomic mass is 16.7. The van der Waals surface area contributed by atoms with E-state index in [9.17, 15) is 14.7 Å². The normalized spacial score (nSPS) is 18.3. The number of carbonyl (C=O) groups excluding carboxylic acids is 1. The van der Waals surface area contributed by atoms with Crippen LogP contribution in [-0.4, -0.2) is 37.6 Å². The van der Waals surface area contributed by atoms with Crippen LogP contribution < -0.4 is 10.1 Å². The number of carbonyl (C=O) groups is 2. The predicted octanol–water partition coefficient (Wildman–Crippen LogP) is 2.55. The van der Waals surface area contributed by atoms with Crippen LogP contribution in [0.3, 0.4) is 0 Å². The number of carboxylic acids is 1. The highest BCUT2D eigenvalue weighted by Gasteiger charge is 2.37. The monoisotopic (exact) mass is 361 g/mol. The van der Waals surface area contributed by atoms with Crippen molar-refractivity contribution in [3.8, 4) is 5.75 Å². The minimum absolute atomic E-state index is 0.0841. The van der Waals surface area contributed by atoms with Gasteiger partial charge in [0.25, 0.3) is 0 Å². The molecule has 7 heteroatoms. The lowest BCUT2D eigenvalue weighted by Gasteiger charge is -2.30. The standard InChI is InChI=1S/C19H23NO6/c1-10-15(18(21)22)17(13-7-6-8-14(9-13)25-5)16(11(2)20-10)19(23)26-12(3)24-4/h6-9,12,17,20H,1-5H3,(H,21,22). The summed E-state index contributed by atoms with van der Waals surface area (Å²) in [5.74, 6) is -1.97. The van der Waals surface area contributed by atoms with Crippen LogP contribution in [0.5, 0.6) is 5.75 Å². The molecule has 1 heterocycles. The van der Waals surface area contributed by atoms with E-state index in [1.54, 1.807) is 45.0 Å². The van der Waals surface area contributed by atoms with Crippen molar-refractivity contribution in [1.29, 1.82) is 0 Å². The first kappa shape index (κ1) is 19.5. The first-order valence-electron chi connectivity index (χ1n) is 8.09. The zero-order chi connectivity index (χ0) is 19.4. The van der Waals surface area contributed by atoms with Gasteiger partial charge in [-0.25, -0.2) is 9.59 Å². The molecule has 0 radical (unpaired) electrons. The molecule has 0 bridgehead atoms. The van der Waals surface area contributed by atoms with E-state index in [-0.39, 0.29) is 11.1 Å². The van der Waals surface area contributed by atoms with Gasteiger partial charge in [-0.05, 0) is 38.5 Å². The van der Waals surface area contributed by atoms with E-state index >= 15 is 0 Å². The number of ether oxygens (including phenoxy) is 3. The summed E-state index contributed by atoms with van der Waals surface area (Å²) >= 11 is 0. The molecule has 2 rings (SSSR count). The molecule has 140 valence electrons. The van der Waals surface area contributed by atoms with Crippen molar-refractivity contribution < 1.29 is 28.9 Å². The average Bonchev–Trinajstić information content (AvgIpc) is 2.60. The van der Waals surface area contributed by atoms with Crippen molar-refractivity contribution in [1.82, 2.24) is 5.32 Å². The molecule has 2 atom stereocenters. The Morgan fingerprint density at radius 2 is 1.81 bits per heavy atom. The third-order valence-electron chi connectivity index (χ3n) is 4.24. The molecular weight excluding hydrogens is 338 g/mol. The Morgan fingerprint density at radius 3 is 2.38 bits per heavy atom. The fourth-order valence-electron chi connectivity index (χ4n) is 2.96. The molecule has 0 aliphatic carbocycles.